The summed E-state index contributed by atoms with van der Waals surface area (Å²) in [7, 11) is 0. The molecule has 1 nitrogen and oxygen atoms in total. The first-order chi connectivity index (χ1) is 6.17. The van der Waals surface area contributed by atoms with Crippen LogP contribution in [0.25, 0.3) is 0 Å². The summed E-state index contributed by atoms with van der Waals surface area (Å²) < 4.78 is -0.113. The molecule has 0 radical (unpaired) electrons. The molecule has 0 spiro atoms. The van der Waals surface area contributed by atoms with Gasteiger partial charge in [-0.1, -0.05) is 6.08 Å². The molecular formula is C11H15NS. The molecule has 13 heavy (non-hydrogen) atoms. The van der Waals surface area contributed by atoms with Crippen LogP contribution in [0.5, 0.6) is 0 Å². The van der Waals surface area contributed by atoms with Gasteiger partial charge in [0.15, 0.2) is 0 Å². The Morgan fingerprint density at radius 2 is 2.15 bits per heavy atom. The number of thiol groups is 1. The van der Waals surface area contributed by atoms with Crippen molar-refractivity contribution in [2.75, 3.05) is 0 Å². The van der Waals surface area contributed by atoms with E-state index >= 15 is 0 Å². The van der Waals surface area contributed by atoms with Crippen molar-refractivity contribution in [3.63, 3.8) is 0 Å². The van der Waals surface area contributed by atoms with Crippen molar-refractivity contribution in [2.45, 2.75) is 37.4 Å². The van der Waals surface area contributed by atoms with Crippen molar-refractivity contribution in [1.29, 1.82) is 0 Å². The predicted molar refractivity (Wildman–Crippen MR) is 60.5 cm³/mol. The molecule has 2 aliphatic rings. The molecule has 2 rings (SSSR count). The number of hydrogen-bond donors (Lipinski definition) is 1. The third-order valence-corrected chi connectivity index (χ3v) is 2.87. The lowest BCUT2D eigenvalue weighted by Crippen LogP contribution is -2.13. The van der Waals surface area contributed by atoms with Gasteiger partial charge in [-0.05, 0) is 44.3 Å². The molecule has 70 valence electrons. The lowest BCUT2D eigenvalue weighted by atomic mass is 9.90. The van der Waals surface area contributed by atoms with Crippen LogP contribution in [0.4, 0.5) is 0 Å². The molecule has 1 unspecified atom stereocenters. The molecule has 0 N–H and O–H groups in total. The molecule has 0 aromatic heterocycles. The summed E-state index contributed by atoms with van der Waals surface area (Å²) in [5, 5.41) is 0. The monoisotopic (exact) mass is 193 g/mol. The van der Waals surface area contributed by atoms with Crippen LogP contribution in [0.1, 0.15) is 32.6 Å². The van der Waals surface area contributed by atoms with Gasteiger partial charge in [0.1, 0.15) is 0 Å². The van der Waals surface area contributed by atoms with Crippen LogP contribution < -0.4 is 0 Å². The standard InChI is InChI=1S/C11H15NS/c1-11(13)6-7-12-10-5-3-2-4-9(10)8-11/h6-8,13H,2-5H2,1H3. The maximum atomic E-state index is 4.57. The van der Waals surface area contributed by atoms with Crippen molar-refractivity contribution in [1.82, 2.24) is 0 Å². The average molecular weight is 193 g/mol. The van der Waals surface area contributed by atoms with Gasteiger partial charge >= 0.3 is 0 Å². The highest BCUT2D eigenvalue weighted by molar-refractivity contribution is 7.82. The van der Waals surface area contributed by atoms with E-state index in [4.69, 9.17) is 0 Å². The van der Waals surface area contributed by atoms with Gasteiger partial charge < -0.3 is 0 Å². The number of hydrogen-bond acceptors (Lipinski definition) is 2. The Kier molecular flexibility index (Phi) is 2.33. The topological polar surface area (TPSA) is 12.4 Å². The second kappa shape index (κ2) is 3.33. The van der Waals surface area contributed by atoms with E-state index in [2.05, 4.69) is 36.7 Å². The number of nitrogens with zero attached hydrogens (tertiary/aromatic N) is 1. The third kappa shape index (κ3) is 2.05. The van der Waals surface area contributed by atoms with Crippen LogP contribution in [-0.2, 0) is 0 Å². The Balaban J connectivity index is 2.34. The number of allylic oxidation sites excluding steroid dienone is 1. The van der Waals surface area contributed by atoms with Crippen molar-refractivity contribution >= 4 is 18.3 Å². The normalized spacial score (nSPS) is 33.1. The molecule has 1 aliphatic carbocycles. The molecule has 1 atom stereocenters. The minimum absolute atomic E-state index is 0.113. The molecule has 0 aromatic carbocycles. The second-order valence-corrected chi connectivity index (χ2v) is 4.96. The van der Waals surface area contributed by atoms with E-state index in [1.54, 1.807) is 0 Å². The maximum Gasteiger partial charge on any atom is 0.0484 e. The molecule has 0 bridgehead atoms. The number of fused-ring (bicyclic) bond motifs is 1. The molecule has 1 saturated carbocycles. The SMILES string of the molecule is CC1(S)C=CN=C2CCCCC2=C1. The van der Waals surface area contributed by atoms with E-state index < -0.39 is 0 Å². The minimum Gasteiger partial charge on any atom is -0.261 e. The molecule has 1 fully saturated rings. The van der Waals surface area contributed by atoms with E-state index in [1.807, 2.05) is 6.20 Å². The highest BCUT2D eigenvalue weighted by Crippen LogP contribution is 2.29. The van der Waals surface area contributed by atoms with E-state index in [0.717, 1.165) is 6.42 Å². The fourth-order valence-electron chi connectivity index (χ4n) is 1.89. The second-order valence-electron chi connectivity index (χ2n) is 3.99. The molecule has 0 amide bonds. The Labute approximate surface area is 85.0 Å². The molecule has 1 aliphatic heterocycles. The van der Waals surface area contributed by atoms with Crippen molar-refractivity contribution in [3.8, 4) is 0 Å². The Bertz CT molecular complexity index is 297. The third-order valence-electron chi connectivity index (χ3n) is 2.59. The van der Waals surface area contributed by atoms with E-state index in [1.165, 1.54) is 30.5 Å². The van der Waals surface area contributed by atoms with Crippen molar-refractivity contribution in [2.24, 2.45) is 4.99 Å². The fourth-order valence-corrected chi connectivity index (χ4v) is 2.12. The van der Waals surface area contributed by atoms with Crippen LogP contribution in [0, 0.1) is 0 Å². The van der Waals surface area contributed by atoms with Gasteiger partial charge in [-0.2, -0.15) is 12.6 Å². The molecule has 2 heteroatoms. The first-order valence-electron chi connectivity index (χ1n) is 4.86. The highest BCUT2D eigenvalue weighted by Gasteiger charge is 2.20. The first-order valence-corrected chi connectivity index (χ1v) is 5.31. The minimum atomic E-state index is -0.113. The highest BCUT2D eigenvalue weighted by atomic mass is 32.1. The summed E-state index contributed by atoms with van der Waals surface area (Å²) in [5.41, 5.74) is 2.69. The van der Waals surface area contributed by atoms with Crippen molar-refractivity contribution in [3.05, 3.63) is 23.9 Å². The maximum absolute atomic E-state index is 4.57. The molecule has 0 saturated heterocycles. The van der Waals surface area contributed by atoms with Gasteiger partial charge in [0, 0.05) is 16.7 Å². The largest absolute Gasteiger partial charge is 0.261 e. The summed E-state index contributed by atoms with van der Waals surface area (Å²) in [6.07, 6.45) is 11.1. The Morgan fingerprint density at radius 1 is 1.38 bits per heavy atom. The summed E-state index contributed by atoms with van der Waals surface area (Å²) in [6.45, 7) is 2.10. The Morgan fingerprint density at radius 3 is 3.00 bits per heavy atom. The van der Waals surface area contributed by atoms with Crippen LogP contribution >= 0.6 is 12.6 Å². The summed E-state index contributed by atoms with van der Waals surface area (Å²) >= 11 is 4.57. The quantitative estimate of drug-likeness (QED) is 0.567. The molecular weight excluding hydrogens is 178 g/mol. The van der Waals surface area contributed by atoms with Gasteiger partial charge in [-0.15, -0.1) is 0 Å². The summed E-state index contributed by atoms with van der Waals surface area (Å²) in [6, 6.07) is 0. The molecule has 1 heterocycles. The first kappa shape index (κ1) is 9.07. The van der Waals surface area contributed by atoms with Gasteiger partial charge in [0.2, 0.25) is 0 Å². The van der Waals surface area contributed by atoms with Crippen LogP contribution in [-0.4, -0.2) is 10.5 Å². The van der Waals surface area contributed by atoms with Crippen molar-refractivity contribution < 1.29 is 0 Å². The van der Waals surface area contributed by atoms with Crippen LogP contribution in [0.3, 0.4) is 0 Å². The van der Waals surface area contributed by atoms with Gasteiger partial charge in [0.25, 0.3) is 0 Å². The van der Waals surface area contributed by atoms with Gasteiger partial charge in [-0.3, -0.25) is 4.99 Å². The summed E-state index contributed by atoms with van der Waals surface area (Å²) in [4.78, 5) is 4.46. The fraction of sp³-hybridized carbons (Fsp3) is 0.545. The average Bonchev–Trinajstić information content (AvgIpc) is 2.21. The predicted octanol–water partition coefficient (Wildman–Crippen LogP) is 3.14. The van der Waals surface area contributed by atoms with E-state index in [-0.39, 0.29) is 4.75 Å². The van der Waals surface area contributed by atoms with E-state index in [0.29, 0.717) is 0 Å². The zero-order valence-corrected chi connectivity index (χ0v) is 8.85. The summed E-state index contributed by atoms with van der Waals surface area (Å²) in [5.74, 6) is 0. The van der Waals surface area contributed by atoms with E-state index in [9.17, 15) is 0 Å². The van der Waals surface area contributed by atoms with Gasteiger partial charge in [-0.25, -0.2) is 0 Å². The zero-order valence-electron chi connectivity index (χ0n) is 7.95. The smallest absolute Gasteiger partial charge is 0.0484 e. The van der Waals surface area contributed by atoms with Crippen LogP contribution in [0.2, 0.25) is 0 Å². The zero-order chi connectivity index (χ0) is 9.31. The lowest BCUT2D eigenvalue weighted by Gasteiger charge is -2.19. The lowest BCUT2D eigenvalue weighted by molar-refractivity contribution is 0.730. The number of aliphatic imine (C=N–C) groups is 1. The Hall–Kier alpha value is -0.500. The molecule has 0 aromatic rings. The number of rotatable bonds is 0. The van der Waals surface area contributed by atoms with Gasteiger partial charge in [0.05, 0.1) is 0 Å². The van der Waals surface area contributed by atoms with Crippen LogP contribution in [0.15, 0.2) is 28.9 Å².